The van der Waals surface area contributed by atoms with Gasteiger partial charge >= 0.3 is 0 Å². The molecular weight excluding hydrogens is 240 g/mol. The molecule has 0 aliphatic rings. The fourth-order valence-corrected chi connectivity index (χ4v) is 2.02. The van der Waals surface area contributed by atoms with E-state index in [1.807, 2.05) is 42.5 Å². The van der Waals surface area contributed by atoms with Crippen molar-refractivity contribution >= 4 is 11.0 Å². The molecule has 2 aromatic carbocycles. The molecule has 5 heteroatoms. The summed E-state index contributed by atoms with van der Waals surface area (Å²) < 4.78 is 0. The van der Waals surface area contributed by atoms with Crippen LogP contribution in [0.4, 0.5) is 0 Å². The minimum atomic E-state index is -0.843. The zero-order chi connectivity index (χ0) is 13.2. The lowest BCUT2D eigenvalue weighted by Gasteiger charge is -2.04. The predicted molar refractivity (Wildman–Crippen MR) is 74.3 cm³/mol. The maximum absolute atomic E-state index is 10.5. The van der Waals surface area contributed by atoms with Crippen molar-refractivity contribution in [2.24, 2.45) is 10.9 Å². The molecule has 3 aromatic rings. The van der Waals surface area contributed by atoms with E-state index in [2.05, 4.69) is 15.1 Å². The number of imidazole rings is 1. The van der Waals surface area contributed by atoms with Crippen molar-refractivity contribution in [3.63, 3.8) is 0 Å². The van der Waals surface area contributed by atoms with E-state index in [1.165, 1.54) is 0 Å². The number of aromatic nitrogens is 2. The summed E-state index contributed by atoms with van der Waals surface area (Å²) in [7, 11) is 0. The molecular formula is C14H12N4O. The first-order chi connectivity index (χ1) is 9.28. The van der Waals surface area contributed by atoms with Gasteiger partial charge < -0.3 is 10.7 Å². The molecule has 0 saturated carbocycles. The van der Waals surface area contributed by atoms with Gasteiger partial charge in [0.1, 0.15) is 5.82 Å². The van der Waals surface area contributed by atoms with Gasteiger partial charge in [-0.3, -0.25) is 0 Å². The van der Waals surface area contributed by atoms with E-state index in [0.717, 1.165) is 22.4 Å². The predicted octanol–water partition coefficient (Wildman–Crippen LogP) is 2.95. The molecule has 0 aliphatic carbocycles. The van der Waals surface area contributed by atoms with Crippen molar-refractivity contribution in [3.8, 4) is 11.4 Å². The van der Waals surface area contributed by atoms with Crippen LogP contribution in [-0.4, -0.2) is 9.97 Å². The van der Waals surface area contributed by atoms with E-state index >= 15 is 0 Å². The van der Waals surface area contributed by atoms with E-state index in [0.29, 0.717) is 5.56 Å². The Hall–Kier alpha value is -2.53. The quantitative estimate of drug-likeness (QED) is 0.703. The highest BCUT2D eigenvalue weighted by molar-refractivity contribution is 5.79. The van der Waals surface area contributed by atoms with Gasteiger partial charge in [0, 0.05) is 5.56 Å². The molecule has 3 rings (SSSR count). The monoisotopic (exact) mass is 252 g/mol. The lowest BCUT2D eigenvalue weighted by molar-refractivity contribution is 0.768. The molecule has 19 heavy (non-hydrogen) atoms. The van der Waals surface area contributed by atoms with Crippen LogP contribution in [0.3, 0.4) is 0 Å². The molecule has 94 valence electrons. The molecule has 0 radical (unpaired) electrons. The molecule has 0 fully saturated rings. The average Bonchev–Trinajstić information content (AvgIpc) is 2.90. The molecule has 0 spiro atoms. The average molecular weight is 252 g/mol. The van der Waals surface area contributed by atoms with Gasteiger partial charge in [-0.05, 0) is 28.9 Å². The first kappa shape index (κ1) is 11.6. The van der Waals surface area contributed by atoms with Gasteiger partial charge in [0.25, 0.3) is 0 Å². The Morgan fingerprint density at radius 2 is 2.00 bits per heavy atom. The van der Waals surface area contributed by atoms with Crippen LogP contribution in [0.25, 0.3) is 22.4 Å². The molecule has 1 heterocycles. The summed E-state index contributed by atoms with van der Waals surface area (Å²) >= 11 is 0. The third-order valence-electron chi connectivity index (χ3n) is 3.00. The van der Waals surface area contributed by atoms with Crippen molar-refractivity contribution in [2.45, 2.75) is 6.17 Å². The van der Waals surface area contributed by atoms with E-state index in [4.69, 9.17) is 5.73 Å². The van der Waals surface area contributed by atoms with Crippen molar-refractivity contribution in [2.75, 3.05) is 0 Å². The van der Waals surface area contributed by atoms with E-state index in [1.54, 1.807) is 6.07 Å². The number of nitrogens with two attached hydrogens (primary N) is 1. The number of aromatic amines is 1. The lowest BCUT2D eigenvalue weighted by atomic mass is 10.1. The summed E-state index contributed by atoms with van der Waals surface area (Å²) in [5, 5.41) is 2.83. The maximum Gasteiger partial charge on any atom is 0.165 e. The zero-order valence-corrected chi connectivity index (χ0v) is 10.1. The second-order valence-electron chi connectivity index (χ2n) is 4.28. The first-order valence-corrected chi connectivity index (χ1v) is 5.91. The molecule has 0 aliphatic heterocycles. The van der Waals surface area contributed by atoms with Gasteiger partial charge in [0.15, 0.2) is 6.17 Å². The summed E-state index contributed by atoms with van der Waals surface area (Å²) in [5.74, 6) is 0.751. The van der Waals surface area contributed by atoms with Gasteiger partial charge in [-0.25, -0.2) is 4.98 Å². The second-order valence-corrected chi connectivity index (χ2v) is 4.28. The highest BCUT2D eigenvalue weighted by Crippen LogP contribution is 2.23. The fourth-order valence-electron chi connectivity index (χ4n) is 2.02. The van der Waals surface area contributed by atoms with Crippen LogP contribution in [0.1, 0.15) is 11.7 Å². The third-order valence-corrected chi connectivity index (χ3v) is 3.00. The van der Waals surface area contributed by atoms with E-state index < -0.39 is 6.17 Å². The van der Waals surface area contributed by atoms with Gasteiger partial charge in [-0.2, -0.15) is 0 Å². The molecule has 5 nitrogen and oxygen atoms in total. The van der Waals surface area contributed by atoms with E-state index in [9.17, 15) is 4.91 Å². The van der Waals surface area contributed by atoms with Gasteiger partial charge in [0.05, 0.1) is 11.0 Å². The second kappa shape index (κ2) is 4.62. The normalized spacial score (nSPS) is 12.5. The summed E-state index contributed by atoms with van der Waals surface area (Å²) in [6.07, 6.45) is -0.843. The Morgan fingerprint density at radius 3 is 2.79 bits per heavy atom. The topological polar surface area (TPSA) is 84.1 Å². The Balaban J connectivity index is 2.08. The zero-order valence-electron chi connectivity index (χ0n) is 10.1. The minimum Gasteiger partial charge on any atom is -0.338 e. The number of hydrogen-bond acceptors (Lipinski definition) is 4. The number of hydrogen-bond donors (Lipinski definition) is 2. The van der Waals surface area contributed by atoms with Gasteiger partial charge in [-0.15, -0.1) is 4.91 Å². The van der Waals surface area contributed by atoms with Crippen LogP contribution in [0.5, 0.6) is 0 Å². The van der Waals surface area contributed by atoms with Crippen LogP contribution in [0.15, 0.2) is 53.7 Å². The maximum atomic E-state index is 10.5. The van der Waals surface area contributed by atoms with E-state index in [-0.39, 0.29) is 0 Å². The number of nitroso groups, excluding NO2 is 1. The van der Waals surface area contributed by atoms with Crippen LogP contribution in [-0.2, 0) is 0 Å². The fraction of sp³-hybridized carbons (Fsp3) is 0.0714. The molecule has 0 saturated heterocycles. The highest BCUT2D eigenvalue weighted by Gasteiger charge is 2.09. The smallest absolute Gasteiger partial charge is 0.165 e. The summed E-state index contributed by atoms with van der Waals surface area (Å²) in [6.45, 7) is 0. The Morgan fingerprint density at radius 1 is 1.16 bits per heavy atom. The molecule has 3 N–H and O–H groups in total. The summed E-state index contributed by atoms with van der Waals surface area (Å²) in [5.41, 5.74) is 9.04. The van der Waals surface area contributed by atoms with Crippen molar-refractivity contribution < 1.29 is 0 Å². The number of H-pyrrole nitrogens is 1. The molecule has 0 bridgehead atoms. The minimum absolute atomic E-state index is 0.674. The van der Waals surface area contributed by atoms with Gasteiger partial charge in [0.2, 0.25) is 0 Å². The van der Waals surface area contributed by atoms with Crippen LogP contribution in [0.2, 0.25) is 0 Å². The van der Waals surface area contributed by atoms with Crippen molar-refractivity contribution in [1.29, 1.82) is 0 Å². The number of nitrogens with zero attached hydrogens (tertiary/aromatic N) is 2. The number of para-hydroxylation sites is 2. The molecule has 1 aromatic heterocycles. The first-order valence-electron chi connectivity index (χ1n) is 5.91. The number of nitrogens with one attached hydrogen (secondary N) is 1. The summed E-state index contributed by atoms with van der Waals surface area (Å²) in [6, 6.07) is 15.2. The SMILES string of the molecule is NC(N=O)c1cccc(-c2nc3ccccc3[nH]2)c1. The third kappa shape index (κ3) is 2.11. The van der Waals surface area contributed by atoms with Crippen molar-refractivity contribution in [3.05, 3.63) is 59.0 Å². The highest BCUT2D eigenvalue weighted by atomic mass is 16.3. The Labute approximate surface area is 109 Å². The molecule has 0 amide bonds. The largest absolute Gasteiger partial charge is 0.338 e. The number of benzene rings is 2. The Kier molecular flexibility index (Phi) is 2.81. The van der Waals surface area contributed by atoms with Crippen LogP contribution >= 0.6 is 0 Å². The van der Waals surface area contributed by atoms with Crippen LogP contribution in [0, 0.1) is 4.91 Å². The molecule has 1 unspecified atom stereocenters. The number of rotatable bonds is 3. The summed E-state index contributed by atoms with van der Waals surface area (Å²) in [4.78, 5) is 18.2. The molecule has 1 atom stereocenters. The van der Waals surface area contributed by atoms with Crippen molar-refractivity contribution in [1.82, 2.24) is 9.97 Å². The standard InChI is InChI=1S/C14H12N4O/c15-13(18-19)9-4-3-5-10(8-9)14-16-11-6-1-2-7-12(11)17-14/h1-8,13H,15H2,(H,16,17). The Bertz CT molecular complexity index is 702. The van der Waals surface area contributed by atoms with Crippen LogP contribution < -0.4 is 5.73 Å². The lowest BCUT2D eigenvalue weighted by Crippen LogP contribution is -2.06. The van der Waals surface area contributed by atoms with Gasteiger partial charge in [-0.1, -0.05) is 30.3 Å². The number of fused-ring (bicyclic) bond motifs is 1.